The molecule has 0 aromatic carbocycles. The van der Waals surface area contributed by atoms with Crippen molar-refractivity contribution in [3.05, 3.63) is 29.3 Å². The smallest absolute Gasteiger partial charge is 0.149 e. The SMILES string of the molecule is CC(NCc1ncc(Cl)n1C)c1nncn1C. The molecule has 0 amide bonds. The van der Waals surface area contributed by atoms with Gasteiger partial charge in [0.05, 0.1) is 18.8 Å². The van der Waals surface area contributed by atoms with Gasteiger partial charge in [0.1, 0.15) is 23.1 Å². The van der Waals surface area contributed by atoms with Crippen molar-refractivity contribution in [3.63, 3.8) is 0 Å². The summed E-state index contributed by atoms with van der Waals surface area (Å²) < 4.78 is 3.74. The topological polar surface area (TPSA) is 60.6 Å². The molecule has 2 rings (SSSR count). The van der Waals surface area contributed by atoms with E-state index in [1.54, 1.807) is 12.5 Å². The maximum Gasteiger partial charge on any atom is 0.149 e. The second kappa shape index (κ2) is 4.85. The summed E-state index contributed by atoms with van der Waals surface area (Å²) in [5.41, 5.74) is 0. The largest absolute Gasteiger partial charge is 0.321 e. The van der Waals surface area contributed by atoms with Gasteiger partial charge in [-0.05, 0) is 6.92 Å². The van der Waals surface area contributed by atoms with Crippen LogP contribution in [0, 0.1) is 0 Å². The van der Waals surface area contributed by atoms with Gasteiger partial charge in [-0.15, -0.1) is 10.2 Å². The van der Waals surface area contributed by atoms with E-state index in [1.807, 2.05) is 30.2 Å². The van der Waals surface area contributed by atoms with Gasteiger partial charge in [0.15, 0.2) is 0 Å². The molecular formula is C10H15ClN6. The minimum Gasteiger partial charge on any atom is -0.321 e. The van der Waals surface area contributed by atoms with E-state index in [9.17, 15) is 0 Å². The maximum absolute atomic E-state index is 5.92. The first-order chi connectivity index (χ1) is 8.09. The first-order valence-electron chi connectivity index (χ1n) is 5.33. The lowest BCUT2D eigenvalue weighted by Gasteiger charge is -2.12. The molecule has 0 saturated heterocycles. The third kappa shape index (κ3) is 2.48. The Morgan fingerprint density at radius 3 is 2.76 bits per heavy atom. The number of aromatic nitrogens is 5. The highest BCUT2D eigenvalue weighted by Crippen LogP contribution is 2.11. The summed E-state index contributed by atoms with van der Waals surface area (Å²) in [5.74, 6) is 1.79. The third-order valence-electron chi connectivity index (χ3n) is 2.73. The molecule has 7 heteroatoms. The number of aryl methyl sites for hydroxylation is 1. The molecule has 1 atom stereocenters. The van der Waals surface area contributed by atoms with Gasteiger partial charge in [0.2, 0.25) is 0 Å². The fraction of sp³-hybridized carbons (Fsp3) is 0.500. The van der Waals surface area contributed by atoms with Crippen LogP contribution in [0.15, 0.2) is 12.5 Å². The van der Waals surface area contributed by atoms with Crippen molar-refractivity contribution in [2.45, 2.75) is 19.5 Å². The van der Waals surface area contributed by atoms with Gasteiger partial charge in [-0.25, -0.2) is 4.98 Å². The molecule has 0 spiro atoms. The van der Waals surface area contributed by atoms with E-state index in [1.165, 1.54) is 0 Å². The maximum atomic E-state index is 5.92. The van der Waals surface area contributed by atoms with Crippen molar-refractivity contribution in [3.8, 4) is 0 Å². The van der Waals surface area contributed by atoms with Gasteiger partial charge < -0.3 is 14.5 Å². The molecule has 0 aliphatic heterocycles. The summed E-state index contributed by atoms with van der Waals surface area (Å²) in [6.45, 7) is 2.67. The zero-order valence-electron chi connectivity index (χ0n) is 10.1. The molecule has 92 valence electrons. The summed E-state index contributed by atoms with van der Waals surface area (Å²) >= 11 is 5.92. The van der Waals surface area contributed by atoms with Gasteiger partial charge in [-0.1, -0.05) is 11.6 Å². The van der Waals surface area contributed by atoms with E-state index in [0.717, 1.165) is 11.6 Å². The van der Waals surface area contributed by atoms with E-state index >= 15 is 0 Å². The van der Waals surface area contributed by atoms with Crippen LogP contribution in [0.5, 0.6) is 0 Å². The normalized spacial score (nSPS) is 12.9. The number of hydrogen-bond acceptors (Lipinski definition) is 4. The molecule has 0 saturated carbocycles. The summed E-state index contributed by atoms with van der Waals surface area (Å²) in [7, 11) is 3.81. The van der Waals surface area contributed by atoms with Gasteiger partial charge in [-0.2, -0.15) is 0 Å². The minimum atomic E-state index is 0.109. The van der Waals surface area contributed by atoms with Crippen molar-refractivity contribution >= 4 is 11.6 Å². The van der Waals surface area contributed by atoms with Gasteiger partial charge in [0, 0.05) is 14.1 Å². The van der Waals surface area contributed by atoms with E-state index < -0.39 is 0 Å². The predicted octanol–water partition coefficient (Wildman–Crippen LogP) is 1.05. The van der Waals surface area contributed by atoms with Crippen LogP contribution in [0.4, 0.5) is 0 Å². The van der Waals surface area contributed by atoms with Crippen LogP contribution in [0.1, 0.15) is 24.6 Å². The van der Waals surface area contributed by atoms with E-state index in [0.29, 0.717) is 11.7 Å². The van der Waals surface area contributed by atoms with Crippen molar-refractivity contribution < 1.29 is 0 Å². The summed E-state index contributed by atoms with van der Waals surface area (Å²) in [6, 6.07) is 0.109. The number of imidazole rings is 1. The summed E-state index contributed by atoms with van der Waals surface area (Å²) in [5, 5.41) is 11.9. The molecule has 0 bridgehead atoms. The highest BCUT2D eigenvalue weighted by Gasteiger charge is 2.12. The zero-order chi connectivity index (χ0) is 12.4. The lowest BCUT2D eigenvalue weighted by atomic mass is 10.3. The van der Waals surface area contributed by atoms with E-state index in [4.69, 9.17) is 11.6 Å². The first-order valence-corrected chi connectivity index (χ1v) is 5.70. The molecule has 17 heavy (non-hydrogen) atoms. The fourth-order valence-electron chi connectivity index (χ4n) is 1.61. The van der Waals surface area contributed by atoms with Gasteiger partial charge >= 0.3 is 0 Å². The van der Waals surface area contributed by atoms with Crippen LogP contribution < -0.4 is 5.32 Å². The fourth-order valence-corrected chi connectivity index (χ4v) is 1.75. The van der Waals surface area contributed by atoms with Crippen molar-refractivity contribution in [1.29, 1.82) is 0 Å². The van der Waals surface area contributed by atoms with Crippen molar-refractivity contribution in [2.24, 2.45) is 14.1 Å². The quantitative estimate of drug-likeness (QED) is 0.886. The molecule has 6 nitrogen and oxygen atoms in total. The molecular weight excluding hydrogens is 240 g/mol. The molecule has 2 heterocycles. The van der Waals surface area contributed by atoms with E-state index in [-0.39, 0.29) is 6.04 Å². The molecule has 0 radical (unpaired) electrons. The lowest BCUT2D eigenvalue weighted by molar-refractivity contribution is 0.511. The molecule has 0 aliphatic carbocycles. The average molecular weight is 255 g/mol. The number of hydrogen-bond donors (Lipinski definition) is 1. The first kappa shape index (κ1) is 12.1. The Morgan fingerprint density at radius 1 is 1.47 bits per heavy atom. The van der Waals surface area contributed by atoms with Crippen LogP contribution >= 0.6 is 11.6 Å². The zero-order valence-corrected chi connectivity index (χ0v) is 10.8. The van der Waals surface area contributed by atoms with Crippen molar-refractivity contribution in [2.75, 3.05) is 0 Å². The van der Waals surface area contributed by atoms with Crippen LogP contribution in [-0.4, -0.2) is 24.3 Å². The Bertz CT molecular complexity index is 503. The molecule has 2 aromatic heterocycles. The molecule has 1 N–H and O–H groups in total. The Hall–Kier alpha value is -1.40. The monoisotopic (exact) mass is 254 g/mol. The van der Waals surface area contributed by atoms with E-state index in [2.05, 4.69) is 20.5 Å². The lowest BCUT2D eigenvalue weighted by Crippen LogP contribution is -2.22. The number of nitrogens with zero attached hydrogens (tertiary/aromatic N) is 5. The van der Waals surface area contributed by atoms with Gasteiger partial charge in [0.25, 0.3) is 0 Å². The van der Waals surface area contributed by atoms with Crippen LogP contribution in [0.2, 0.25) is 5.15 Å². The molecule has 0 aliphatic rings. The number of halogens is 1. The summed E-state index contributed by atoms with van der Waals surface area (Å²) in [4.78, 5) is 4.22. The second-order valence-electron chi connectivity index (χ2n) is 3.96. The highest BCUT2D eigenvalue weighted by molar-refractivity contribution is 6.29. The van der Waals surface area contributed by atoms with Crippen LogP contribution in [0.3, 0.4) is 0 Å². The second-order valence-corrected chi connectivity index (χ2v) is 4.35. The third-order valence-corrected chi connectivity index (χ3v) is 3.08. The standard InChI is InChI=1S/C10H15ClN6/c1-7(10-15-14-6-16(10)2)12-5-9-13-4-8(11)17(9)3/h4,6-7,12H,5H2,1-3H3. The molecule has 0 fully saturated rings. The van der Waals surface area contributed by atoms with Gasteiger partial charge in [-0.3, -0.25) is 0 Å². The Balaban J connectivity index is 1.99. The van der Waals surface area contributed by atoms with Crippen LogP contribution in [0.25, 0.3) is 0 Å². The number of nitrogens with one attached hydrogen (secondary N) is 1. The Kier molecular flexibility index (Phi) is 3.44. The van der Waals surface area contributed by atoms with Crippen LogP contribution in [-0.2, 0) is 20.6 Å². The summed E-state index contributed by atoms with van der Waals surface area (Å²) in [6.07, 6.45) is 3.33. The molecule has 1 unspecified atom stereocenters. The van der Waals surface area contributed by atoms with Crippen molar-refractivity contribution in [1.82, 2.24) is 29.6 Å². The Labute approximate surface area is 105 Å². The molecule has 2 aromatic rings. The minimum absolute atomic E-state index is 0.109. The highest BCUT2D eigenvalue weighted by atomic mass is 35.5. The Morgan fingerprint density at radius 2 is 2.24 bits per heavy atom. The number of rotatable bonds is 4. The average Bonchev–Trinajstić information content (AvgIpc) is 2.85. The predicted molar refractivity (Wildman–Crippen MR) is 64.5 cm³/mol.